The van der Waals surface area contributed by atoms with Gasteiger partial charge in [-0.25, -0.2) is 0 Å². The van der Waals surface area contributed by atoms with E-state index in [0.717, 1.165) is 30.2 Å². The number of hydrogen-bond donors (Lipinski definition) is 2. The van der Waals surface area contributed by atoms with Crippen LogP contribution in [0.25, 0.3) is 0 Å². The molecule has 0 fully saturated rings. The number of nitrogens with one attached hydrogen (secondary N) is 2. The molecule has 0 bridgehead atoms. The molecule has 23 heavy (non-hydrogen) atoms. The Morgan fingerprint density at radius 1 is 1.04 bits per heavy atom. The largest absolute Gasteiger partial charge is 0.371 e. The fraction of sp³-hybridized carbons (Fsp3) is 0.235. The van der Waals surface area contributed by atoms with Crippen molar-refractivity contribution in [2.45, 2.75) is 13.3 Å². The van der Waals surface area contributed by atoms with Crippen LogP contribution in [0.2, 0.25) is 0 Å². The van der Waals surface area contributed by atoms with Gasteiger partial charge in [0, 0.05) is 18.8 Å². The van der Waals surface area contributed by atoms with E-state index in [9.17, 15) is 4.91 Å². The van der Waals surface area contributed by atoms with Crippen LogP contribution in [-0.4, -0.2) is 13.1 Å². The molecule has 0 radical (unpaired) electrons. The molecule has 2 N–H and O–H groups in total. The van der Waals surface area contributed by atoms with Crippen molar-refractivity contribution in [3.63, 3.8) is 0 Å². The van der Waals surface area contributed by atoms with E-state index in [1.165, 1.54) is 0 Å². The number of nitroso groups, excluding NO2 is 1. The quantitative estimate of drug-likeness (QED) is 0.562. The minimum Gasteiger partial charge on any atom is -0.371 e. The maximum atomic E-state index is 10.4. The van der Waals surface area contributed by atoms with Crippen molar-refractivity contribution >= 4 is 22.7 Å². The number of nitriles is 1. The molecule has 0 heterocycles. The van der Waals surface area contributed by atoms with Gasteiger partial charge in [0.1, 0.15) is 5.69 Å². The molecule has 0 unspecified atom stereocenters. The average molecular weight is 309 g/mol. The van der Waals surface area contributed by atoms with E-state index in [1.54, 1.807) is 24.3 Å². The number of hydrogen-bond acceptors (Lipinski definition) is 6. The number of hydrazine groups is 1. The third kappa shape index (κ3) is 4.71. The van der Waals surface area contributed by atoms with Crippen LogP contribution in [0.4, 0.5) is 22.7 Å². The summed E-state index contributed by atoms with van der Waals surface area (Å²) in [6, 6.07) is 17.0. The molecule has 0 saturated carbocycles. The molecule has 0 spiro atoms. The summed E-state index contributed by atoms with van der Waals surface area (Å²) in [7, 11) is 0. The molecule has 0 saturated heterocycles. The first-order chi connectivity index (χ1) is 11.3. The number of benzene rings is 2. The lowest BCUT2D eigenvalue weighted by atomic mass is 10.2. The Morgan fingerprint density at radius 2 is 1.61 bits per heavy atom. The van der Waals surface area contributed by atoms with Crippen molar-refractivity contribution in [2.75, 3.05) is 28.8 Å². The fourth-order valence-electron chi connectivity index (χ4n) is 2.16. The number of nitrogens with zero attached hydrogens (tertiary/aromatic N) is 3. The van der Waals surface area contributed by atoms with Gasteiger partial charge in [-0.05, 0) is 60.6 Å². The summed E-state index contributed by atoms with van der Waals surface area (Å²) in [5, 5.41) is 11.6. The smallest absolute Gasteiger partial charge is 0.108 e. The standard InChI is InChI=1S/C17H19N5O/c1-2-22(13-3-12-18)17-10-8-15(9-11-17)20-19-14-4-6-16(21-23)7-5-14/h4-11,19-20H,2-3,13H2,1H3. The van der Waals surface area contributed by atoms with Gasteiger partial charge in [0.05, 0.1) is 23.9 Å². The zero-order valence-corrected chi connectivity index (χ0v) is 13.0. The van der Waals surface area contributed by atoms with E-state index in [2.05, 4.69) is 33.9 Å². The van der Waals surface area contributed by atoms with Gasteiger partial charge in [-0.2, -0.15) is 5.26 Å². The van der Waals surface area contributed by atoms with E-state index >= 15 is 0 Å². The highest BCUT2D eigenvalue weighted by atomic mass is 16.3. The van der Waals surface area contributed by atoms with Gasteiger partial charge in [0.15, 0.2) is 0 Å². The molecule has 0 aromatic heterocycles. The Kier molecular flexibility index (Phi) is 5.95. The van der Waals surface area contributed by atoms with Gasteiger partial charge < -0.3 is 15.8 Å². The second kappa shape index (κ2) is 8.39. The van der Waals surface area contributed by atoms with E-state index in [1.807, 2.05) is 24.3 Å². The average Bonchev–Trinajstić information content (AvgIpc) is 2.62. The molecule has 6 nitrogen and oxygen atoms in total. The lowest BCUT2D eigenvalue weighted by Crippen LogP contribution is -2.23. The molecule has 2 rings (SSSR count). The predicted octanol–water partition coefficient (Wildman–Crippen LogP) is 4.26. The molecule has 0 atom stereocenters. The predicted molar refractivity (Wildman–Crippen MR) is 93.7 cm³/mol. The van der Waals surface area contributed by atoms with Gasteiger partial charge in [-0.3, -0.25) is 0 Å². The Hall–Kier alpha value is -3.07. The second-order valence-electron chi connectivity index (χ2n) is 4.92. The van der Waals surface area contributed by atoms with Crippen LogP contribution in [0, 0.1) is 16.2 Å². The molecule has 0 aliphatic carbocycles. The van der Waals surface area contributed by atoms with Gasteiger partial charge in [0.25, 0.3) is 0 Å². The number of rotatable bonds is 8. The van der Waals surface area contributed by atoms with Crippen molar-refractivity contribution < 1.29 is 0 Å². The molecule has 118 valence electrons. The summed E-state index contributed by atoms with van der Waals surface area (Å²) >= 11 is 0. The maximum Gasteiger partial charge on any atom is 0.108 e. The third-order valence-electron chi connectivity index (χ3n) is 3.43. The maximum absolute atomic E-state index is 10.4. The highest BCUT2D eigenvalue weighted by Gasteiger charge is 2.03. The van der Waals surface area contributed by atoms with E-state index in [-0.39, 0.29) is 0 Å². The van der Waals surface area contributed by atoms with Crippen LogP contribution in [0.15, 0.2) is 53.7 Å². The van der Waals surface area contributed by atoms with Gasteiger partial charge in [-0.15, -0.1) is 4.91 Å². The highest BCUT2D eigenvalue weighted by molar-refractivity contribution is 5.59. The second-order valence-corrected chi connectivity index (χ2v) is 4.92. The molecule has 2 aromatic rings. The van der Waals surface area contributed by atoms with E-state index in [4.69, 9.17) is 5.26 Å². The van der Waals surface area contributed by atoms with Crippen molar-refractivity contribution in [3.05, 3.63) is 53.4 Å². The van der Waals surface area contributed by atoms with Crippen LogP contribution in [0.1, 0.15) is 13.3 Å². The molecule has 0 aliphatic rings. The fourth-order valence-corrected chi connectivity index (χ4v) is 2.16. The minimum atomic E-state index is 0.400. The Balaban J connectivity index is 1.93. The van der Waals surface area contributed by atoms with Gasteiger partial charge in [-0.1, -0.05) is 0 Å². The third-order valence-corrected chi connectivity index (χ3v) is 3.43. The van der Waals surface area contributed by atoms with Crippen molar-refractivity contribution in [3.8, 4) is 6.07 Å². The van der Waals surface area contributed by atoms with Crippen LogP contribution >= 0.6 is 0 Å². The monoisotopic (exact) mass is 309 g/mol. The summed E-state index contributed by atoms with van der Waals surface area (Å²) in [6.07, 6.45) is 0.515. The van der Waals surface area contributed by atoms with Crippen LogP contribution in [0.3, 0.4) is 0 Å². The van der Waals surface area contributed by atoms with E-state index in [0.29, 0.717) is 12.1 Å². The first-order valence-electron chi connectivity index (χ1n) is 7.44. The molecule has 2 aromatic carbocycles. The summed E-state index contributed by atoms with van der Waals surface area (Å²) < 4.78 is 0. The summed E-state index contributed by atoms with van der Waals surface area (Å²) in [4.78, 5) is 12.5. The highest BCUT2D eigenvalue weighted by Crippen LogP contribution is 2.19. The van der Waals surface area contributed by atoms with Gasteiger partial charge in [0.2, 0.25) is 0 Å². The molecule has 6 heteroatoms. The molecule has 0 aliphatic heterocycles. The minimum absolute atomic E-state index is 0.400. The lowest BCUT2D eigenvalue weighted by Gasteiger charge is -2.22. The first-order valence-corrected chi connectivity index (χ1v) is 7.44. The van der Waals surface area contributed by atoms with Crippen molar-refractivity contribution in [1.29, 1.82) is 5.26 Å². The first kappa shape index (κ1) is 16.3. The Morgan fingerprint density at radius 3 is 2.09 bits per heavy atom. The van der Waals surface area contributed by atoms with Crippen LogP contribution in [-0.2, 0) is 0 Å². The summed E-state index contributed by atoms with van der Waals surface area (Å²) in [5.74, 6) is 0. The molecular weight excluding hydrogens is 290 g/mol. The number of anilines is 3. The molecular formula is C17H19N5O. The molecule has 0 amide bonds. The SMILES string of the molecule is CCN(CCC#N)c1ccc(NNc2ccc(N=O)cc2)cc1. The lowest BCUT2D eigenvalue weighted by molar-refractivity contribution is 0.827. The summed E-state index contributed by atoms with van der Waals surface area (Å²) in [6.45, 7) is 3.67. The van der Waals surface area contributed by atoms with E-state index < -0.39 is 0 Å². The Bertz CT molecular complexity index is 661. The zero-order valence-electron chi connectivity index (χ0n) is 13.0. The normalized spacial score (nSPS) is 9.74. The summed E-state index contributed by atoms with van der Waals surface area (Å²) in [5.41, 5.74) is 9.40. The van der Waals surface area contributed by atoms with Crippen LogP contribution < -0.4 is 15.8 Å². The topological polar surface area (TPSA) is 80.5 Å². The zero-order chi connectivity index (χ0) is 16.5. The van der Waals surface area contributed by atoms with Gasteiger partial charge >= 0.3 is 0 Å². The Labute approximate surface area is 135 Å². The van der Waals surface area contributed by atoms with Crippen LogP contribution in [0.5, 0.6) is 0 Å². The van der Waals surface area contributed by atoms with Crippen molar-refractivity contribution in [1.82, 2.24) is 0 Å². The van der Waals surface area contributed by atoms with Crippen molar-refractivity contribution in [2.24, 2.45) is 5.18 Å².